The first-order valence-electron chi connectivity index (χ1n) is 31.5. The van der Waals surface area contributed by atoms with Gasteiger partial charge < -0.3 is 95.9 Å². The van der Waals surface area contributed by atoms with Crippen LogP contribution >= 0.6 is 11.8 Å². The minimum Gasteiger partial charge on any atom is -0.508 e. The van der Waals surface area contributed by atoms with E-state index in [-0.39, 0.29) is 92.7 Å². The van der Waals surface area contributed by atoms with Crippen molar-refractivity contribution < 1.29 is 82.4 Å². The van der Waals surface area contributed by atoms with Crippen LogP contribution in [0.3, 0.4) is 0 Å². The molecule has 34 nitrogen and oxygen atoms in total. The van der Waals surface area contributed by atoms with E-state index in [0.717, 1.165) is 4.90 Å². The number of thioether (sulfide) groups is 1. The van der Waals surface area contributed by atoms with Gasteiger partial charge in [-0.3, -0.25) is 72.1 Å². The van der Waals surface area contributed by atoms with Crippen molar-refractivity contribution in [2.24, 2.45) is 33.1 Å². The molecule has 1 saturated heterocycles. The van der Waals surface area contributed by atoms with Crippen LogP contribution in [-0.4, -0.2) is 220 Å². The van der Waals surface area contributed by atoms with Gasteiger partial charge in [-0.25, -0.2) is 4.99 Å². The van der Waals surface area contributed by atoms with Gasteiger partial charge in [0.15, 0.2) is 5.96 Å². The van der Waals surface area contributed by atoms with Gasteiger partial charge in [-0.05, 0) is 118 Å². The highest BCUT2D eigenvalue weighted by Crippen LogP contribution is 2.20. The molecule has 1 aliphatic heterocycles. The lowest BCUT2D eigenvalue weighted by atomic mass is 9.99. The Morgan fingerprint density at radius 2 is 1.13 bits per heavy atom. The van der Waals surface area contributed by atoms with Crippen LogP contribution in [0.5, 0.6) is 11.5 Å². The van der Waals surface area contributed by atoms with E-state index in [1.807, 2.05) is 13.8 Å². The maximum Gasteiger partial charge on any atom is 0.267 e. The molecule has 11 unspecified atom stereocenters. The molecule has 1 fully saturated rings. The maximum absolute atomic E-state index is 14.3. The minimum absolute atomic E-state index is 0.00691. The fraction of sp³-hybridized carbons (Fsp3) is 0.524. The summed E-state index contributed by atoms with van der Waals surface area (Å²) in [5.41, 5.74) is 17.5. The van der Waals surface area contributed by atoms with Crippen molar-refractivity contribution in [2.45, 2.75) is 166 Å². The molecule has 1 heterocycles. The molecule has 0 aromatic heterocycles. The molecule has 0 aliphatic carbocycles. The third-order valence-corrected chi connectivity index (χ3v) is 15.8. The number of phenolic OH excluding ortho intramolecular Hbond substituents is 2. The second kappa shape index (κ2) is 41.0. The first kappa shape index (κ1) is 82.0. The second-order valence-corrected chi connectivity index (χ2v) is 24.6. The largest absolute Gasteiger partial charge is 0.508 e. The highest BCUT2D eigenvalue weighted by atomic mass is 32.2. The molecule has 1 aliphatic rings. The predicted octanol–water partition coefficient (Wildman–Crippen LogP) is -4.58. The van der Waals surface area contributed by atoms with E-state index >= 15 is 0 Å². The van der Waals surface area contributed by atoms with Gasteiger partial charge in [-0.1, -0.05) is 51.6 Å². The molecule has 20 N–H and O–H groups in total. The lowest BCUT2D eigenvalue weighted by Crippen LogP contribution is -2.61. The zero-order valence-corrected chi connectivity index (χ0v) is 56.7. The van der Waals surface area contributed by atoms with Crippen molar-refractivity contribution >= 4 is 107 Å². The Kier molecular flexibility index (Phi) is 34.4. The number of benzene rings is 2. The number of carbonyl (C=O) groups excluding carboxylic acids is 14. The number of rotatable bonds is 40. The highest BCUT2D eigenvalue weighted by Gasteiger charge is 2.40. The molecule has 0 radical (unpaired) electrons. The summed E-state index contributed by atoms with van der Waals surface area (Å²) in [6.07, 6.45) is 0.858. The quantitative estimate of drug-likeness (QED) is 0.0170. The molecule has 0 spiro atoms. The van der Waals surface area contributed by atoms with E-state index in [2.05, 4.69) is 81.8 Å². The summed E-state index contributed by atoms with van der Waals surface area (Å²) in [7, 11) is 0. The summed E-state index contributed by atoms with van der Waals surface area (Å²) in [5, 5.41) is 57.5. The van der Waals surface area contributed by atoms with Crippen molar-refractivity contribution in [3.63, 3.8) is 0 Å². The van der Waals surface area contributed by atoms with Gasteiger partial charge in [0.2, 0.25) is 76.8 Å². The molecular weight excluding hydrogens is 1300 g/mol. The number of hydrogen-bond donors (Lipinski definition) is 17. The number of aliphatic imine (C=N–C) groups is 2. The number of nitrogens with one attached hydrogen (secondary N) is 11. The number of amides is 14. The van der Waals surface area contributed by atoms with Gasteiger partial charge in [0.25, 0.3) is 5.91 Å². The van der Waals surface area contributed by atoms with Gasteiger partial charge in [0, 0.05) is 32.9 Å². The highest BCUT2D eigenvalue weighted by molar-refractivity contribution is 7.98. The average Bonchev–Trinajstić information content (AvgIpc) is 1.54. The predicted molar refractivity (Wildman–Crippen MR) is 360 cm³/mol. The molecule has 35 heteroatoms. The van der Waals surface area contributed by atoms with Crippen molar-refractivity contribution in [2.75, 3.05) is 38.2 Å². The topological polar surface area (TPSA) is 538 Å². The summed E-state index contributed by atoms with van der Waals surface area (Å²) in [6.45, 7) is 14.3. The van der Waals surface area contributed by atoms with E-state index in [1.54, 1.807) is 6.26 Å². The lowest BCUT2D eigenvalue weighted by molar-refractivity contribution is -0.143. The van der Waals surface area contributed by atoms with Gasteiger partial charge in [-0.15, -0.1) is 0 Å². The molecule has 0 bridgehead atoms. The maximum atomic E-state index is 14.3. The fourth-order valence-corrected chi connectivity index (χ4v) is 10.4. The third-order valence-electron chi connectivity index (χ3n) is 15.1. The first-order chi connectivity index (χ1) is 46.2. The van der Waals surface area contributed by atoms with E-state index in [1.165, 1.54) is 88.0 Å². The molecule has 14 amide bonds. The standard InChI is InChI=1S/C63H93N17O17S/c1-10-41(54(89)78-47(31-81)62(97)80-24-11-12-48(80)60(95)69-30-50(86)73-44(27-37-13-17-39(83)18-14-37)56(91)70-34(5)52(87)67-8)74-55(90)42(22-25-98-9)75-58(93)46(29-49(64)85)76-53(88)35(6)71-61(96)51(33(4)21-23-68-63(65)66)79-59(94)45(28-38-15-19-40(84)20-16-38)77-57(92)43(26-32(2)3)72-36(7)82/h13-20,32,34-35,41-48,51,81,83-84H,4,8,10-12,21-31H2,1-3,5-7,9H3,(H2,64,85)(H,69,95)(H,70,91)(H,71,96)(H,72,82)(H,73,86)(H,74,90)(H,75,93)(H,76,88)(H,77,92)(H,78,89)(H,79,94)(H4,65,66,68). The van der Waals surface area contributed by atoms with Gasteiger partial charge in [0.05, 0.1) is 19.6 Å². The lowest BCUT2D eigenvalue weighted by Gasteiger charge is -2.29. The Morgan fingerprint density at radius 3 is 1.66 bits per heavy atom. The summed E-state index contributed by atoms with van der Waals surface area (Å²) in [5.74, 6) is -12.7. The number of primary amides is 1. The molecule has 2 aromatic rings. The number of phenols is 2. The summed E-state index contributed by atoms with van der Waals surface area (Å²) >= 11 is 1.27. The summed E-state index contributed by atoms with van der Waals surface area (Å²) in [6, 6.07) is -4.15. The molecule has 98 heavy (non-hydrogen) atoms. The van der Waals surface area contributed by atoms with E-state index in [0.29, 0.717) is 17.5 Å². The minimum atomic E-state index is -1.79. The van der Waals surface area contributed by atoms with Crippen LogP contribution in [0.15, 0.2) is 70.7 Å². The molecule has 538 valence electrons. The van der Waals surface area contributed by atoms with Crippen molar-refractivity contribution in [3.8, 4) is 11.5 Å². The summed E-state index contributed by atoms with van der Waals surface area (Å²) < 4.78 is 0. The fourth-order valence-electron chi connectivity index (χ4n) is 9.92. The van der Waals surface area contributed by atoms with Crippen LogP contribution in [0.25, 0.3) is 0 Å². The number of carbonyl (C=O) groups is 14. The monoisotopic (exact) mass is 1390 g/mol. The smallest absolute Gasteiger partial charge is 0.267 e. The van der Waals surface area contributed by atoms with Crippen molar-refractivity contribution in [1.82, 2.24) is 63.4 Å². The SMILES string of the molecule is C=NC(=O)C(C)NC(=O)C(Cc1ccc(O)cc1)NC(=O)CNC(=O)C1CCCN1C(=O)C(CO)NC(=O)C(CC)NC(=O)C(CCSC)NC(=O)C(CC(N)=O)NC(=O)C(C)NC(=O)C(NC(=O)C(Cc1ccc(O)cc1)NC(=O)C(CC(C)C)NC(C)=O)C(=C)CCN=C(N)N. The second-order valence-electron chi connectivity index (χ2n) is 23.6. The van der Waals surface area contributed by atoms with Crippen LogP contribution in [0, 0.1) is 5.92 Å². The first-order valence-corrected chi connectivity index (χ1v) is 32.9. The zero-order chi connectivity index (χ0) is 73.5. The van der Waals surface area contributed by atoms with Crippen LogP contribution < -0.4 is 75.7 Å². The Hall–Kier alpha value is -10.2. The number of likely N-dealkylation sites (tertiary alicyclic amines) is 1. The van der Waals surface area contributed by atoms with Crippen molar-refractivity contribution in [1.29, 1.82) is 0 Å². The van der Waals surface area contributed by atoms with E-state index < -0.39 is 169 Å². The zero-order valence-electron chi connectivity index (χ0n) is 55.9. The number of nitrogens with two attached hydrogens (primary N) is 3. The molecule has 2 aromatic carbocycles. The molecule has 3 rings (SSSR count). The Labute approximate surface area is 571 Å². The van der Waals surface area contributed by atoms with Crippen LogP contribution in [0.4, 0.5) is 0 Å². The number of hydrogen-bond acceptors (Lipinski definition) is 19. The molecule has 11 atom stereocenters. The Balaban J connectivity index is 1.77. The average molecular weight is 1390 g/mol. The van der Waals surface area contributed by atoms with Crippen LogP contribution in [-0.2, 0) is 80.0 Å². The number of aliphatic hydroxyl groups excluding tert-OH is 1. The molecular formula is C63H93N17O17S. The van der Waals surface area contributed by atoms with Crippen LogP contribution in [0.1, 0.15) is 97.6 Å². The van der Waals surface area contributed by atoms with Gasteiger partial charge in [-0.2, -0.15) is 11.8 Å². The third kappa shape index (κ3) is 27.9. The normalized spacial score (nSPS) is 15.5. The van der Waals surface area contributed by atoms with E-state index in [9.17, 15) is 82.4 Å². The van der Waals surface area contributed by atoms with Crippen LogP contribution in [0.2, 0.25) is 0 Å². The number of aromatic hydroxyl groups is 2. The Bertz CT molecular complexity index is 3220. The van der Waals surface area contributed by atoms with Gasteiger partial charge in [0.1, 0.15) is 78.0 Å². The summed E-state index contributed by atoms with van der Waals surface area (Å²) in [4.78, 5) is 197. The van der Waals surface area contributed by atoms with E-state index in [4.69, 9.17) is 17.2 Å². The Morgan fingerprint density at radius 1 is 0.633 bits per heavy atom. The van der Waals surface area contributed by atoms with Crippen molar-refractivity contribution in [3.05, 3.63) is 71.8 Å². The number of guanidine groups is 1. The molecule has 0 saturated carbocycles. The number of nitrogens with zero attached hydrogens (tertiary/aromatic N) is 3. The number of aliphatic hydroxyl groups is 1. The van der Waals surface area contributed by atoms with Gasteiger partial charge >= 0.3 is 0 Å².